The zero-order chi connectivity index (χ0) is 31.7. The Kier molecular flexibility index (Phi) is 8.84. The molecule has 10 nitrogen and oxygen atoms in total. The Morgan fingerprint density at radius 3 is 2.51 bits per heavy atom. The summed E-state index contributed by atoms with van der Waals surface area (Å²) >= 11 is 0. The smallest absolute Gasteiger partial charge is 0.460 e. The molecule has 0 aliphatic carbocycles. The van der Waals surface area contributed by atoms with Crippen molar-refractivity contribution in [2.24, 2.45) is 13.0 Å². The van der Waals surface area contributed by atoms with Crippen molar-refractivity contribution in [1.82, 2.24) is 24.5 Å². The molecule has 0 saturated carbocycles. The fourth-order valence-corrected chi connectivity index (χ4v) is 5.06. The minimum Gasteiger partial charge on any atom is -0.460 e. The molecule has 4 heterocycles. The number of carbonyl (C=O) groups excluding carboxylic acids is 1. The van der Waals surface area contributed by atoms with E-state index in [0.29, 0.717) is 29.2 Å². The van der Waals surface area contributed by atoms with Gasteiger partial charge in [-0.25, -0.2) is 18.4 Å². The van der Waals surface area contributed by atoms with Crippen LogP contribution in [0.2, 0.25) is 0 Å². The minimum atomic E-state index is -4.93. The highest BCUT2D eigenvalue weighted by molar-refractivity contribution is 5.70. The van der Waals surface area contributed by atoms with Crippen molar-refractivity contribution >= 4 is 11.7 Å². The topological polar surface area (TPSA) is 104 Å². The maximum Gasteiger partial charge on any atom is 0.573 e. The molecule has 1 atom stereocenters. The van der Waals surface area contributed by atoms with E-state index in [9.17, 15) is 31.5 Å². The Balaban J connectivity index is 1.61. The molecule has 0 N–H and O–H groups in total. The first-order valence-corrected chi connectivity index (χ1v) is 13.6. The third-order valence-corrected chi connectivity index (χ3v) is 6.68. The summed E-state index contributed by atoms with van der Waals surface area (Å²) in [5.74, 6) is -4.78. The van der Waals surface area contributed by atoms with E-state index in [0.717, 1.165) is 22.9 Å². The second-order valence-corrected chi connectivity index (χ2v) is 11.5. The Labute approximate surface area is 244 Å². The van der Waals surface area contributed by atoms with E-state index in [1.54, 1.807) is 40.0 Å². The highest BCUT2D eigenvalue weighted by Gasteiger charge is 2.42. The highest BCUT2D eigenvalue weighted by Crippen LogP contribution is 2.37. The molecule has 234 valence electrons. The number of rotatable bonds is 8. The minimum absolute atomic E-state index is 0.145. The zero-order valence-electron chi connectivity index (χ0n) is 24.4. The molecule has 0 radical (unpaired) electrons. The van der Waals surface area contributed by atoms with E-state index in [-0.39, 0.29) is 25.2 Å². The second-order valence-electron chi connectivity index (χ2n) is 11.5. The van der Waals surface area contributed by atoms with E-state index in [1.165, 1.54) is 9.58 Å². The third-order valence-electron chi connectivity index (χ3n) is 6.68. The van der Waals surface area contributed by atoms with Gasteiger partial charge in [0, 0.05) is 26.1 Å². The van der Waals surface area contributed by atoms with Crippen LogP contribution < -0.4 is 15.2 Å². The number of carbonyl (C=O) groups is 1. The van der Waals surface area contributed by atoms with E-state index < -0.39 is 54.0 Å². The third kappa shape index (κ3) is 8.29. The number of alkyl halides is 5. The van der Waals surface area contributed by atoms with Crippen LogP contribution in [0.4, 0.5) is 27.6 Å². The number of aromatic nitrogens is 5. The molecule has 1 aliphatic heterocycles. The highest BCUT2D eigenvalue weighted by atomic mass is 19.4. The summed E-state index contributed by atoms with van der Waals surface area (Å²) in [5, 5.41) is 8.14. The number of aryl methyl sites for hydroxylation is 2. The first-order chi connectivity index (χ1) is 19.9. The van der Waals surface area contributed by atoms with Gasteiger partial charge in [-0.2, -0.15) is 0 Å². The number of pyridine rings is 2. The molecule has 15 heteroatoms. The van der Waals surface area contributed by atoms with Crippen molar-refractivity contribution in [1.29, 1.82) is 0 Å². The molecule has 1 aliphatic rings. The molecule has 3 aromatic rings. The Bertz CT molecular complexity index is 1530. The fourth-order valence-electron chi connectivity index (χ4n) is 5.06. The van der Waals surface area contributed by atoms with Gasteiger partial charge in [0.1, 0.15) is 17.0 Å². The van der Waals surface area contributed by atoms with Gasteiger partial charge < -0.3 is 18.9 Å². The van der Waals surface area contributed by atoms with Crippen molar-refractivity contribution < 1.29 is 36.2 Å². The van der Waals surface area contributed by atoms with Crippen molar-refractivity contribution in [2.45, 2.75) is 71.4 Å². The summed E-state index contributed by atoms with van der Waals surface area (Å²) in [6, 6.07) is 5.11. The van der Waals surface area contributed by atoms with Gasteiger partial charge in [-0.3, -0.25) is 9.59 Å². The maximum absolute atomic E-state index is 14.8. The average molecular weight is 613 g/mol. The molecule has 0 spiro atoms. The molecule has 3 aromatic heterocycles. The van der Waals surface area contributed by atoms with Crippen LogP contribution in [0, 0.1) is 5.92 Å². The van der Waals surface area contributed by atoms with Crippen LogP contribution in [0.25, 0.3) is 11.4 Å². The zero-order valence-corrected chi connectivity index (χ0v) is 24.4. The molecule has 0 aromatic carbocycles. The lowest BCUT2D eigenvalue weighted by Crippen LogP contribution is -2.48. The number of halogens is 5. The Morgan fingerprint density at radius 1 is 1.14 bits per heavy atom. The fraction of sp³-hybridized carbons (Fsp3) is 0.536. The summed E-state index contributed by atoms with van der Waals surface area (Å²) in [6.45, 7) is 6.44. The van der Waals surface area contributed by atoms with Crippen LogP contribution >= 0.6 is 0 Å². The van der Waals surface area contributed by atoms with Crippen LogP contribution in [0.3, 0.4) is 0 Å². The summed E-state index contributed by atoms with van der Waals surface area (Å²) in [5.41, 5.74) is 0.661. The predicted octanol–water partition coefficient (Wildman–Crippen LogP) is 4.74. The quantitative estimate of drug-likeness (QED) is 0.266. The van der Waals surface area contributed by atoms with Gasteiger partial charge in [0.05, 0.1) is 48.5 Å². The lowest BCUT2D eigenvalue weighted by Gasteiger charge is -2.39. The summed E-state index contributed by atoms with van der Waals surface area (Å²) in [6.07, 6.45) is -4.20. The van der Waals surface area contributed by atoms with Crippen LogP contribution in [0.5, 0.6) is 5.75 Å². The molecule has 0 unspecified atom stereocenters. The van der Waals surface area contributed by atoms with Crippen molar-refractivity contribution in [3.63, 3.8) is 0 Å². The molecule has 43 heavy (non-hydrogen) atoms. The van der Waals surface area contributed by atoms with E-state index in [2.05, 4.69) is 20.0 Å². The lowest BCUT2D eigenvalue weighted by atomic mass is 9.91. The predicted molar refractivity (Wildman–Crippen MR) is 146 cm³/mol. The normalized spacial score (nSPS) is 17.2. The van der Waals surface area contributed by atoms with Crippen LogP contribution in [-0.2, 0) is 29.5 Å². The van der Waals surface area contributed by atoms with E-state index in [1.807, 2.05) is 6.92 Å². The van der Waals surface area contributed by atoms with Gasteiger partial charge in [-0.15, -0.1) is 18.3 Å². The van der Waals surface area contributed by atoms with Crippen LogP contribution in [-0.4, -0.2) is 61.5 Å². The molecular formula is C28H33F5N6O4. The first-order valence-electron chi connectivity index (χ1n) is 13.6. The lowest BCUT2D eigenvalue weighted by molar-refractivity contribution is -0.274. The van der Waals surface area contributed by atoms with Crippen molar-refractivity contribution in [3.8, 4) is 17.1 Å². The van der Waals surface area contributed by atoms with Crippen molar-refractivity contribution in [3.05, 3.63) is 52.2 Å². The molecule has 0 bridgehead atoms. The van der Waals surface area contributed by atoms with Gasteiger partial charge in [-0.1, -0.05) is 12.1 Å². The molecule has 4 rings (SSSR count). The van der Waals surface area contributed by atoms with Gasteiger partial charge in [0.25, 0.3) is 11.5 Å². The number of hydrogen-bond donors (Lipinski definition) is 0. The molecular weight excluding hydrogens is 579 g/mol. The molecule has 0 amide bonds. The maximum atomic E-state index is 14.8. The SMILES string of the molecule is CCc1nc(-c2nnn(C)c2Cn2cc(OC(F)(F)F)ccc2=O)ccc1N1C[C@@H](CC(=O)OC(C)(C)C)CC(F)(F)C1. The summed E-state index contributed by atoms with van der Waals surface area (Å²) < 4.78 is 79.5. The summed E-state index contributed by atoms with van der Waals surface area (Å²) in [7, 11) is 1.56. The number of hydrogen-bond acceptors (Lipinski definition) is 8. The molecule has 1 saturated heterocycles. The second kappa shape index (κ2) is 11.9. The average Bonchev–Trinajstić information content (AvgIpc) is 3.22. The van der Waals surface area contributed by atoms with Crippen LogP contribution in [0.1, 0.15) is 51.9 Å². The first kappa shape index (κ1) is 31.9. The molecule has 1 fully saturated rings. The number of anilines is 1. The largest absolute Gasteiger partial charge is 0.573 e. The van der Waals surface area contributed by atoms with Crippen molar-refractivity contribution in [2.75, 3.05) is 18.0 Å². The van der Waals surface area contributed by atoms with Gasteiger partial charge in [-0.05, 0) is 51.3 Å². The monoisotopic (exact) mass is 612 g/mol. The van der Waals surface area contributed by atoms with Gasteiger partial charge in [0.2, 0.25) is 0 Å². The van der Waals surface area contributed by atoms with E-state index >= 15 is 0 Å². The van der Waals surface area contributed by atoms with Gasteiger partial charge >= 0.3 is 12.3 Å². The Hall–Kier alpha value is -4.04. The van der Waals surface area contributed by atoms with Crippen LogP contribution in [0.15, 0.2) is 35.3 Å². The Morgan fingerprint density at radius 2 is 1.86 bits per heavy atom. The number of ether oxygens (including phenoxy) is 2. The standard InChI is InChI=1S/C28H33F5N6O4/c1-6-19-21(39-13-17(12-27(29,30)16-39)11-24(41)43-26(2,3)4)9-8-20(34-19)25-22(37(5)36-35-25)15-38-14-18(7-10-23(38)40)42-28(31,32)33/h7-10,14,17H,6,11-13,15-16H2,1-5H3/t17-/m0/s1. The number of nitrogens with zero attached hydrogens (tertiary/aromatic N) is 6. The van der Waals surface area contributed by atoms with E-state index in [4.69, 9.17) is 4.74 Å². The van der Waals surface area contributed by atoms with Gasteiger partial charge in [0.15, 0.2) is 0 Å². The summed E-state index contributed by atoms with van der Waals surface area (Å²) in [4.78, 5) is 31.0. The number of esters is 1. The number of piperidine rings is 1.